The van der Waals surface area contributed by atoms with E-state index in [2.05, 4.69) is 18.1 Å². The summed E-state index contributed by atoms with van der Waals surface area (Å²) in [5, 5.41) is 13.8. The average molecular weight is 369 g/mol. The van der Waals surface area contributed by atoms with Gasteiger partial charge in [0.1, 0.15) is 0 Å². The smallest absolute Gasteiger partial charge is 0.306 e. The molecule has 1 aromatic heterocycles. The molecule has 1 heterocycles. The van der Waals surface area contributed by atoms with Crippen molar-refractivity contribution in [3.05, 3.63) is 46.8 Å². The topological polar surface area (TPSA) is 75.4 Å². The molecule has 1 aliphatic rings. The quantitative estimate of drug-likeness (QED) is 0.878. The van der Waals surface area contributed by atoms with Crippen molar-refractivity contribution in [3.63, 3.8) is 0 Å². The van der Waals surface area contributed by atoms with Crippen molar-refractivity contribution in [1.82, 2.24) is 14.7 Å². The number of aryl methyl sites for hydroxylation is 2. The Morgan fingerprint density at radius 2 is 1.85 bits per heavy atom. The van der Waals surface area contributed by atoms with Gasteiger partial charge in [0.25, 0.3) is 0 Å². The van der Waals surface area contributed by atoms with Gasteiger partial charge in [-0.05, 0) is 51.7 Å². The summed E-state index contributed by atoms with van der Waals surface area (Å²) < 4.78 is 1.94. The first-order chi connectivity index (χ1) is 12.8. The third-order valence-corrected chi connectivity index (χ3v) is 5.69. The highest BCUT2D eigenvalue weighted by molar-refractivity contribution is 5.80. The molecule has 1 aliphatic carbocycles. The number of para-hydroxylation sites is 1. The molecule has 6 heteroatoms. The second kappa shape index (κ2) is 7.55. The van der Waals surface area contributed by atoms with Crippen LogP contribution in [0.5, 0.6) is 0 Å². The molecule has 1 aromatic carbocycles. The van der Waals surface area contributed by atoms with Gasteiger partial charge in [-0.3, -0.25) is 9.59 Å². The van der Waals surface area contributed by atoms with E-state index in [4.69, 9.17) is 5.11 Å². The Balaban J connectivity index is 1.77. The van der Waals surface area contributed by atoms with Crippen LogP contribution in [-0.4, -0.2) is 38.7 Å². The standard InChI is InChI=1S/C21H27N3O3/c1-13-7-5-6-8-19(13)24-15(3)18(14(2)22-24)12-23(4)20(25)16-9-10-17(11-16)21(26)27/h5-8,16-17H,9-12H2,1-4H3,(H,26,27)/t16-,17+/m1/s1. The lowest BCUT2D eigenvalue weighted by molar-refractivity contribution is -0.141. The summed E-state index contributed by atoms with van der Waals surface area (Å²) in [5.74, 6) is -1.34. The summed E-state index contributed by atoms with van der Waals surface area (Å²) in [5.41, 5.74) is 5.16. The molecule has 0 bridgehead atoms. The fraction of sp³-hybridized carbons (Fsp3) is 0.476. The highest BCUT2D eigenvalue weighted by atomic mass is 16.4. The van der Waals surface area contributed by atoms with Gasteiger partial charge < -0.3 is 10.0 Å². The normalized spacial score (nSPS) is 19.3. The molecule has 144 valence electrons. The minimum absolute atomic E-state index is 0.0289. The molecule has 0 saturated heterocycles. The van der Waals surface area contributed by atoms with Crippen LogP contribution in [0.25, 0.3) is 5.69 Å². The van der Waals surface area contributed by atoms with Gasteiger partial charge >= 0.3 is 5.97 Å². The summed E-state index contributed by atoms with van der Waals surface area (Å²) >= 11 is 0. The highest BCUT2D eigenvalue weighted by Crippen LogP contribution is 2.32. The molecule has 1 amide bonds. The second-order valence-corrected chi connectivity index (χ2v) is 7.59. The number of carbonyl (C=O) groups excluding carboxylic acids is 1. The number of carboxylic acid groups (broad SMARTS) is 1. The van der Waals surface area contributed by atoms with Crippen LogP contribution in [0.2, 0.25) is 0 Å². The molecule has 27 heavy (non-hydrogen) atoms. The average Bonchev–Trinajstić information content (AvgIpc) is 3.22. The summed E-state index contributed by atoms with van der Waals surface area (Å²) in [6.45, 7) is 6.53. The summed E-state index contributed by atoms with van der Waals surface area (Å²) in [6, 6.07) is 8.09. The van der Waals surface area contributed by atoms with Gasteiger partial charge in [0.2, 0.25) is 5.91 Å². The Morgan fingerprint density at radius 1 is 1.19 bits per heavy atom. The Morgan fingerprint density at radius 3 is 2.48 bits per heavy atom. The molecule has 6 nitrogen and oxygen atoms in total. The van der Waals surface area contributed by atoms with Crippen LogP contribution in [0.4, 0.5) is 0 Å². The van der Waals surface area contributed by atoms with Gasteiger partial charge in [-0.1, -0.05) is 18.2 Å². The molecule has 0 spiro atoms. The maximum absolute atomic E-state index is 12.8. The van der Waals surface area contributed by atoms with Gasteiger partial charge in [0, 0.05) is 30.8 Å². The van der Waals surface area contributed by atoms with Crippen LogP contribution in [0.3, 0.4) is 0 Å². The van der Waals surface area contributed by atoms with Crippen LogP contribution in [0, 0.1) is 32.6 Å². The van der Waals surface area contributed by atoms with Gasteiger partial charge in [-0.15, -0.1) is 0 Å². The maximum Gasteiger partial charge on any atom is 0.306 e. The Hall–Kier alpha value is -2.63. The van der Waals surface area contributed by atoms with E-state index in [1.165, 1.54) is 0 Å². The van der Waals surface area contributed by atoms with Crippen molar-refractivity contribution in [3.8, 4) is 5.69 Å². The Kier molecular flexibility index (Phi) is 5.35. The zero-order valence-electron chi connectivity index (χ0n) is 16.4. The monoisotopic (exact) mass is 369 g/mol. The third kappa shape index (κ3) is 3.75. The zero-order valence-corrected chi connectivity index (χ0v) is 16.4. The van der Waals surface area contributed by atoms with E-state index in [-0.39, 0.29) is 17.7 Å². The van der Waals surface area contributed by atoms with E-state index >= 15 is 0 Å². The van der Waals surface area contributed by atoms with Crippen molar-refractivity contribution in [2.75, 3.05) is 7.05 Å². The zero-order chi connectivity index (χ0) is 19.7. The predicted molar refractivity (Wildman–Crippen MR) is 103 cm³/mol. The van der Waals surface area contributed by atoms with Crippen molar-refractivity contribution in [2.24, 2.45) is 11.8 Å². The van der Waals surface area contributed by atoms with Crippen molar-refractivity contribution >= 4 is 11.9 Å². The highest BCUT2D eigenvalue weighted by Gasteiger charge is 2.35. The number of hydrogen-bond acceptors (Lipinski definition) is 3. The number of aliphatic carboxylic acids is 1. The van der Waals surface area contributed by atoms with Crippen LogP contribution >= 0.6 is 0 Å². The molecule has 1 N–H and O–H groups in total. The lowest BCUT2D eigenvalue weighted by atomic mass is 10.0. The minimum atomic E-state index is -0.792. The van der Waals surface area contributed by atoms with Gasteiger partial charge in [-0.25, -0.2) is 4.68 Å². The first-order valence-electron chi connectivity index (χ1n) is 9.38. The number of nitrogens with zero attached hydrogens (tertiary/aromatic N) is 3. The van der Waals surface area contributed by atoms with Gasteiger partial charge in [0.05, 0.1) is 17.3 Å². The fourth-order valence-corrected chi connectivity index (χ4v) is 4.00. The number of benzene rings is 1. The molecule has 0 aliphatic heterocycles. The maximum atomic E-state index is 12.8. The van der Waals surface area contributed by atoms with Crippen LogP contribution < -0.4 is 0 Å². The molecule has 0 unspecified atom stereocenters. The van der Waals surface area contributed by atoms with Crippen LogP contribution in [0.15, 0.2) is 24.3 Å². The first-order valence-corrected chi connectivity index (χ1v) is 9.38. The lowest BCUT2D eigenvalue weighted by Gasteiger charge is -2.21. The molecular weight excluding hydrogens is 342 g/mol. The predicted octanol–water partition coefficient (Wildman–Crippen LogP) is 3.26. The Labute approximate surface area is 159 Å². The van der Waals surface area contributed by atoms with Crippen LogP contribution in [0.1, 0.15) is 41.8 Å². The Bertz CT molecular complexity index is 872. The molecule has 2 atom stereocenters. The number of amides is 1. The van der Waals surface area contributed by atoms with E-state index in [0.717, 1.165) is 28.2 Å². The van der Waals surface area contributed by atoms with E-state index in [1.54, 1.807) is 11.9 Å². The summed E-state index contributed by atoms with van der Waals surface area (Å²) in [4.78, 5) is 25.6. The fourth-order valence-electron chi connectivity index (χ4n) is 4.00. The molecule has 1 fully saturated rings. The number of rotatable bonds is 5. The number of aromatic nitrogens is 2. The van der Waals surface area contributed by atoms with Crippen molar-refractivity contribution in [2.45, 2.75) is 46.6 Å². The SMILES string of the molecule is Cc1ccccc1-n1nc(C)c(CN(C)C(=O)[C@@H]2CC[C@H](C(=O)O)C2)c1C. The van der Waals surface area contributed by atoms with E-state index < -0.39 is 5.97 Å². The summed E-state index contributed by atoms with van der Waals surface area (Å²) in [6.07, 6.45) is 1.68. The van der Waals surface area contributed by atoms with E-state index in [1.807, 2.05) is 36.7 Å². The van der Waals surface area contributed by atoms with Crippen molar-refractivity contribution in [1.29, 1.82) is 0 Å². The van der Waals surface area contributed by atoms with E-state index in [0.29, 0.717) is 25.8 Å². The molecule has 1 saturated carbocycles. The summed E-state index contributed by atoms with van der Waals surface area (Å²) in [7, 11) is 1.79. The number of carbonyl (C=O) groups is 2. The largest absolute Gasteiger partial charge is 0.481 e. The molecule has 0 radical (unpaired) electrons. The lowest BCUT2D eigenvalue weighted by Crippen LogP contribution is -2.32. The van der Waals surface area contributed by atoms with E-state index in [9.17, 15) is 9.59 Å². The van der Waals surface area contributed by atoms with Gasteiger partial charge in [0.15, 0.2) is 0 Å². The number of carboxylic acids is 1. The number of hydrogen-bond donors (Lipinski definition) is 1. The molecule has 3 rings (SSSR count). The third-order valence-electron chi connectivity index (χ3n) is 5.69. The first kappa shape index (κ1) is 19.1. The second-order valence-electron chi connectivity index (χ2n) is 7.59. The van der Waals surface area contributed by atoms with Crippen molar-refractivity contribution < 1.29 is 14.7 Å². The minimum Gasteiger partial charge on any atom is -0.481 e. The van der Waals surface area contributed by atoms with Crippen LogP contribution in [-0.2, 0) is 16.1 Å². The molecular formula is C21H27N3O3. The molecule has 2 aromatic rings. The van der Waals surface area contributed by atoms with Gasteiger partial charge in [-0.2, -0.15) is 5.10 Å².